The fraction of sp³-hybridized carbons (Fsp3) is 0.685. The lowest BCUT2D eigenvalue weighted by molar-refractivity contribution is -0.147. The van der Waals surface area contributed by atoms with E-state index in [-0.39, 0.29) is 12.8 Å². The van der Waals surface area contributed by atoms with Crippen LogP contribution >= 0.6 is 7.82 Å². The lowest BCUT2D eigenvalue weighted by Crippen LogP contribution is -2.43. The molecule has 66 heavy (non-hydrogen) atoms. The predicted molar refractivity (Wildman–Crippen MR) is 272 cm³/mol. The lowest BCUT2D eigenvalue weighted by Gasteiger charge is -2.18. The van der Waals surface area contributed by atoms with Gasteiger partial charge in [0.15, 0.2) is 6.04 Å². The second-order valence-electron chi connectivity index (χ2n) is 17.0. The smallest absolute Gasteiger partial charge is 0.472 e. The van der Waals surface area contributed by atoms with Crippen LogP contribution in [0.5, 0.6) is 0 Å². The number of carboxylic acids is 1. The highest BCUT2D eigenvalue weighted by molar-refractivity contribution is 7.47. The second-order valence-corrected chi connectivity index (χ2v) is 18.5. The highest BCUT2D eigenvalue weighted by atomic mass is 31.2. The number of hydrogen-bond acceptors (Lipinski definition) is 8. The van der Waals surface area contributed by atoms with Crippen molar-refractivity contribution in [3.05, 3.63) is 85.1 Å². The molecule has 378 valence electrons. The Morgan fingerprint density at radius 1 is 0.485 bits per heavy atom. The van der Waals surface area contributed by atoms with Crippen molar-refractivity contribution in [3.8, 4) is 0 Å². The van der Waals surface area contributed by atoms with Gasteiger partial charge < -0.3 is 25.2 Å². The van der Waals surface area contributed by atoms with Crippen LogP contribution in [0, 0.1) is 0 Å². The maximum atomic E-state index is 12.4. The zero-order valence-electron chi connectivity index (χ0n) is 41.2. The van der Waals surface area contributed by atoms with Gasteiger partial charge in [0.05, 0.1) is 13.2 Å². The van der Waals surface area contributed by atoms with Gasteiger partial charge in [-0.25, -0.2) is 9.36 Å². The molecule has 0 radical (unpaired) electrons. The van der Waals surface area contributed by atoms with E-state index in [9.17, 15) is 34.1 Å². The molecule has 0 fully saturated rings. The first-order chi connectivity index (χ1) is 32.1. The first-order valence-corrected chi connectivity index (χ1v) is 27.1. The summed E-state index contributed by atoms with van der Waals surface area (Å²) in [6.45, 7) is 2.53. The highest BCUT2D eigenvalue weighted by Gasteiger charge is 2.28. The minimum atomic E-state index is -4.77. The highest BCUT2D eigenvalue weighted by Crippen LogP contribution is 2.43. The number of ether oxygens (including phenoxy) is 1. The largest absolute Gasteiger partial charge is 0.480 e. The van der Waals surface area contributed by atoms with Crippen LogP contribution in [0.15, 0.2) is 85.1 Å². The van der Waals surface area contributed by atoms with Gasteiger partial charge >= 0.3 is 19.8 Å². The van der Waals surface area contributed by atoms with Crippen LogP contribution in [0.2, 0.25) is 0 Å². The number of aliphatic hydroxyl groups excluding tert-OH is 1. The van der Waals surface area contributed by atoms with Crippen LogP contribution in [0.4, 0.5) is 0 Å². The van der Waals surface area contributed by atoms with Crippen molar-refractivity contribution in [3.63, 3.8) is 0 Å². The van der Waals surface area contributed by atoms with Crippen LogP contribution in [-0.4, -0.2) is 64.9 Å². The number of amides is 1. The maximum absolute atomic E-state index is 12.4. The molecule has 0 aromatic carbocycles. The Kier molecular flexibility index (Phi) is 45.7. The van der Waals surface area contributed by atoms with E-state index in [0.29, 0.717) is 12.8 Å². The number of aliphatic carboxylic acids is 1. The topological polar surface area (TPSA) is 169 Å². The fourth-order valence-electron chi connectivity index (χ4n) is 6.66. The minimum absolute atomic E-state index is 0.128. The van der Waals surface area contributed by atoms with Crippen LogP contribution < -0.4 is 5.32 Å². The minimum Gasteiger partial charge on any atom is -0.480 e. The third-order valence-electron chi connectivity index (χ3n) is 10.7. The molecule has 0 aromatic rings. The van der Waals surface area contributed by atoms with E-state index in [1.807, 2.05) is 0 Å². The van der Waals surface area contributed by atoms with Crippen molar-refractivity contribution in [2.24, 2.45) is 0 Å². The van der Waals surface area contributed by atoms with Gasteiger partial charge in [0.25, 0.3) is 0 Å². The summed E-state index contributed by atoms with van der Waals surface area (Å²) in [5.41, 5.74) is 0. The van der Waals surface area contributed by atoms with Crippen LogP contribution in [0.3, 0.4) is 0 Å². The molecule has 0 heterocycles. The van der Waals surface area contributed by atoms with Crippen molar-refractivity contribution >= 4 is 25.7 Å². The zero-order valence-corrected chi connectivity index (χ0v) is 42.1. The van der Waals surface area contributed by atoms with Crippen molar-refractivity contribution < 1.29 is 47.8 Å². The molecule has 0 aliphatic carbocycles. The van der Waals surface area contributed by atoms with Gasteiger partial charge in [-0.15, -0.1) is 0 Å². The van der Waals surface area contributed by atoms with Gasteiger partial charge in [-0.2, -0.15) is 0 Å². The molecule has 4 N–H and O–H groups in total. The molecular weight excluding hydrogens is 854 g/mol. The summed E-state index contributed by atoms with van der Waals surface area (Å²) in [6, 6.07) is -1.56. The predicted octanol–water partition coefficient (Wildman–Crippen LogP) is 14.2. The number of allylic oxidation sites excluding steroid dienone is 14. The Morgan fingerprint density at radius 2 is 0.833 bits per heavy atom. The Balaban J connectivity index is 3.90. The van der Waals surface area contributed by atoms with E-state index in [1.165, 1.54) is 51.4 Å². The van der Waals surface area contributed by atoms with Gasteiger partial charge in [0.1, 0.15) is 12.7 Å². The third-order valence-corrected chi connectivity index (χ3v) is 11.6. The number of aliphatic hydroxyl groups is 1. The average molecular weight is 946 g/mol. The van der Waals surface area contributed by atoms with Gasteiger partial charge in [-0.3, -0.25) is 18.6 Å². The molecule has 0 saturated heterocycles. The van der Waals surface area contributed by atoms with Crippen LogP contribution in [0.25, 0.3) is 0 Å². The molecular formula is C54H92NO10P. The van der Waals surface area contributed by atoms with E-state index in [4.69, 9.17) is 13.8 Å². The van der Waals surface area contributed by atoms with Gasteiger partial charge in [-0.1, -0.05) is 182 Å². The first-order valence-electron chi connectivity index (χ1n) is 25.6. The number of carbonyl (C=O) groups is 3. The van der Waals surface area contributed by atoms with E-state index in [1.54, 1.807) is 0 Å². The standard InChI is InChI=1S/C54H92NO10P/c1-3-5-7-9-11-13-15-17-19-21-23-24-25-26-28-29-31-33-35-37-39-41-43-45-52(57)55-51(54(59)60)49-65-66(61,62)64-48-50(56)47-63-53(58)46-44-42-40-38-36-34-32-30-27-22-20-18-16-14-12-10-8-6-4-2/h11-14,17-20,23-24,26-28,30,50-51,56H,3-10,15-16,21-22,25,29,31-49H2,1-2H3,(H,55,57)(H,59,60)(H,61,62)/b13-11-,14-12-,19-17-,20-18-,24-23-,28-26-,30-27-. The van der Waals surface area contributed by atoms with Crippen molar-refractivity contribution in [1.82, 2.24) is 5.32 Å². The lowest BCUT2D eigenvalue weighted by atomic mass is 10.1. The van der Waals surface area contributed by atoms with Crippen molar-refractivity contribution in [2.75, 3.05) is 19.8 Å². The number of carbonyl (C=O) groups excluding carboxylic acids is 2. The molecule has 12 heteroatoms. The fourth-order valence-corrected chi connectivity index (χ4v) is 7.43. The molecule has 0 aliphatic rings. The summed E-state index contributed by atoms with van der Waals surface area (Å²) in [4.78, 5) is 46.1. The Bertz CT molecular complexity index is 1440. The molecule has 0 aromatic heterocycles. The monoisotopic (exact) mass is 946 g/mol. The maximum Gasteiger partial charge on any atom is 0.472 e. The average Bonchev–Trinajstić information content (AvgIpc) is 3.29. The molecule has 1 amide bonds. The van der Waals surface area contributed by atoms with Gasteiger partial charge in [0.2, 0.25) is 5.91 Å². The number of nitrogens with one attached hydrogen (secondary N) is 1. The number of esters is 1. The molecule has 11 nitrogen and oxygen atoms in total. The second kappa shape index (κ2) is 48.1. The summed E-state index contributed by atoms with van der Waals surface area (Å²) < 4.78 is 26.9. The zero-order chi connectivity index (χ0) is 48.4. The number of carboxylic acid groups (broad SMARTS) is 1. The molecule has 3 atom stereocenters. The Labute approximate surface area is 401 Å². The quantitative estimate of drug-likeness (QED) is 0.0199. The van der Waals surface area contributed by atoms with E-state index in [0.717, 1.165) is 116 Å². The van der Waals surface area contributed by atoms with Crippen molar-refractivity contribution in [1.29, 1.82) is 0 Å². The number of unbranched alkanes of at least 4 members (excludes halogenated alkanes) is 19. The SMILES string of the molecule is CCCCC/C=C\C/C=C\C/C=C\C/C=C\CCCCCCCCCC(=O)NC(COP(=O)(O)OCC(O)COC(=O)CCCCCCCC/C=C\C/C=C\C/C=C\CCCCC)C(=O)O. The number of hydrogen-bond donors (Lipinski definition) is 4. The first kappa shape index (κ1) is 62.7. The van der Waals surface area contributed by atoms with Gasteiger partial charge in [0, 0.05) is 12.8 Å². The molecule has 3 unspecified atom stereocenters. The third kappa shape index (κ3) is 47.2. The van der Waals surface area contributed by atoms with Crippen LogP contribution in [-0.2, 0) is 32.7 Å². The Morgan fingerprint density at radius 3 is 1.24 bits per heavy atom. The summed E-state index contributed by atoms with van der Waals surface area (Å²) in [6.07, 6.45) is 60.2. The molecule has 0 rings (SSSR count). The molecule has 0 bridgehead atoms. The van der Waals surface area contributed by atoms with Gasteiger partial charge in [-0.05, 0) is 96.3 Å². The summed E-state index contributed by atoms with van der Waals surface area (Å²) >= 11 is 0. The van der Waals surface area contributed by atoms with Crippen molar-refractivity contribution in [2.45, 2.75) is 219 Å². The van der Waals surface area contributed by atoms with Crippen LogP contribution in [0.1, 0.15) is 206 Å². The summed E-state index contributed by atoms with van der Waals surface area (Å²) in [5, 5.41) is 21.9. The normalized spacial score (nSPS) is 14.2. The van der Waals surface area contributed by atoms with E-state index >= 15 is 0 Å². The summed E-state index contributed by atoms with van der Waals surface area (Å²) in [5.74, 6) is -2.41. The van der Waals surface area contributed by atoms with E-state index in [2.05, 4.69) is 104 Å². The number of phosphoric ester groups is 1. The molecule has 0 spiro atoms. The number of rotatable bonds is 47. The summed E-state index contributed by atoms with van der Waals surface area (Å²) in [7, 11) is -4.77. The molecule has 0 saturated carbocycles. The van der Waals surface area contributed by atoms with E-state index < -0.39 is 57.6 Å². The Hall–Kier alpha value is -3.34. The molecule has 0 aliphatic heterocycles. The number of phosphoric acid groups is 1.